The monoisotopic (exact) mass is 347 g/mol. The molecule has 0 radical (unpaired) electrons. The van der Waals surface area contributed by atoms with Crippen molar-refractivity contribution in [3.8, 4) is 11.3 Å². The van der Waals surface area contributed by atoms with Gasteiger partial charge in [-0.2, -0.15) is 0 Å². The molecule has 5 nitrogen and oxygen atoms in total. The molecule has 1 aromatic carbocycles. The SMILES string of the molecule is O=C(CCc1ccc(-c2ccccc2)o1)NC[C@@H]1CCS(=O)(=O)C1. The molecule has 0 aliphatic carbocycles. The van der Waals surface area contributed by atoms with Crippen molar-refractivity contribution in [3.63, 3.8) is 0 Å². The van der Waals surface area contributed by atoms with Crippen LogP contribution >= 0.6 is 0 Å². The first-order chi connectivity index (χ1) is 11.5. The number of benzene rings is 1. The Morgan fingerprint density at radius 2 is 1.96 bits per heavy atom. The van der Waals surface area contributed by atoms with E-state index in [0.717, 1.165) is 17.1 Å². The molecule has 0 spiro atoms. The minimum Gasteiger partial charge on any atom is -0.461 e. The Bertz CT molecular complexity index is 795. The Morgan fingerprint density at radius 3 is 2.67 bits per heavy atom. The van der Waals surface area contributed by atoms with E-state index < -0.39 is 9.84 Å². The summed E-state index contributed by atoms with van der Waals surface area (Å²) in [5.41, 5.74) is 1.01. The molecule has 0 unspecified atom stereocenters. The van der Waals surface area contributed by atoms with E-state index in [-0.39, 0.29) is 23.3 Å². The van der Waals surface area contributed by atoms with Gasteiger partial charge in [0.1, 0.15) is 11.5 Å². The molecule has 6 heteroatoms. The van der Waals surface area contributed by atoms with Crippen LogP contribution in [0.5, 0.6) is 0 Å². The molecule has 128 valence electrons. The lowest BCUT2D eigenvalue weighted by molar-refractivity contribution is -0.121. The molecule has 3 rings (SSSR count). The summed E-state index contributed by atoms with van der Waals surface area (Å²) in [7, 11) is -2.89. The molecule has 1 aliphatic rings. The zero-order chi connectivity index (χ0) is 17.0. The fourth-order valence-electron chi connectivity index (χ4n) is 2.89. The largest absolute Gasteiger partial charge is 0.461 e. The molecule has 1 aliphatic heterocycles. The molecule has 2 aromatic rings. The normalized spacial score (nSPS) is 19.2. The number of furan rings is 1. The third-order valence-electron chi connectivity index (χ3n) is 4.23. The van der Waals surface area contributed by atoms with Crippen LogP contribution in [0, 0.1) is 5.92 Å². The van der Waals surface area contributed by atoms with Gasteiger partial charge in [0.25, 0.3) is 0 Å². The second-order valence-corrected chi connectivity index (χ2v) is 8.43. The molecule has 1 N–H and O–H groups in total. The van der Waals surface area contributed by atoms with Crippen molar-refractivity contribution in [2.45, 2.75) is 19.3 Å². The van der Waals surface area contributed by atoms with Gasteiger partial charge in [-0.05, 0) is 24.5 Å². The highest BCUT2D eigenvalue weighted by Crippen LogP contribution is 2.22. The van der Waals surface area contributed by atoms with Gasteiger partial charge >= 0.3 is 0 Å². The summed E-state index contributed by atoms with van der Waals surface area (Å²) < 4.78 is 28.5. The third-order valence-corrected chi connectivity index (χ3v) is 6.07. The summed E-state index contributed by atoms with van der Waals surface area (Å²) >= 11 is 0. The van der Waals surface area contributed by atoms with Gasteiger partial charge in [-0.15, -0.1) is 0 Å². The predicted octanol–water partition coefficient (Wildman–Crippen LogP) is 2.43. The molecule has 1 aromatic heterocycles. The maximum absolute atomic E-state index is 11.9. The van der Waals surface area contributed by atoms with E-state index in [0.29, 0.717) is 25.8 Å². The van der Waals surface area contributed by atoms with Gasteiger partial charge in [-0.25, -0.2) is 8.42 Å². The highest BCUT2D eigenvalue weighted by molar-refractivity contribution is 7.91. The number of amides is 1. The van der Waals surface area contributed by atoms with Crippen molar-refractivity contribution in [2.24, 2.45) is 5.92 Å². The fourth-order valence-corrected chi connectivity index (χ4v) is 4.75. The Morgan fingerprint density at radius 1 is 1.17 bits per heavy atom. The average Bonchev–Trinajstić information content (AvgIpc) is 3.18. The van der Waals surface area contributed by atoms with Crippen molar-refractivity contribution in [1.82, 2.24) is 5.32 Å². The van der Waals surface area contributed by atoms with Crippen LogP contribution in [-0.2, 0) is 21.1 Å². The Labute approximate surface area is 142 Å². The molecular weight excluding hydrogens is 326 g/mol. The van der Waals surface area contributed by atoms with Gasteiger partial charge in [0.2, 0.25) is 5.91 Å². The highest BCUT2D eigenvalue weighted by atomic mass is 32.2. The summed E-state index contributed by atoms with van der Waals surface area (Å²) in [6.45, 7) is 0.436. The molecule has 2 heterocycles. The van der Waals surface area contributed by atoms with Crippen molar-refractivity contribution in [1.29, 1.82) is 0 Å². The number of carbonyl (C=O) groups is 1. The molecular formula is C18H21NO4S. The van der Waals surface area contributed by atoms with Gasteiger partial charge in [-0.3, -0.25) is 4.79 Å². The lowest BCUT2D eigenvalue weighted by Crippen LogP contribution is -2.29. The lowest BCUT2D eigenvalue weighted by Gasteiger charge is -2.09. The molecule has 0 saturated carbocycles. The summed E-state index contributed by atoms with van der Waals surface area (Å²) in [6, 6.07) is 13.6. The van der Waals surface area contributed by atoms with Gasteiger partial charge < -0.3 is 9.73 Å². The van der Waals surface area contributed by atoms with Gasteiger partial charge in [-0.1, -0.05) is 30.3 Å². The van der Waals surface area contributed by atoms with Crippen molar-refractivity contribution in [2.75, 3.05) is 18.1 Å². The van der Waals surface area contributed by atoms with Crippen LogP contribution in [0.1, 0.15) is 18.6 Å². The lowest BCUT2D eigenvalue weighted by atomic mass is 10.1. The molecule has 0 bridgehead atoms. The second-order valence-electron chi connectivity index (χ2n) is 6.21. The first kappa shape index (κ1) is 16.8. The van der Waals surface area contributed by atoms with E-state index in [9.17, 15) is 13.2 Å². The fraction of sp³-hybridized carbons (Fsp3) is 0.389. The Balaban J connectivity index is 1.44. The number of nitrogens with one attached hydrogen (secondary N) is 1. The third kappa shape index (κ3) is 4.47. The first-order valence-electron chi connectivity index (χ1n) is 8.13. The number of rotatable bonds is 6. The molecule has 1 atom stereocenters. The minimum atomic E-state index is -2.89. The number of aryl methyl sites for hydroxylation is 1. The van der Waals surface area contributed by atoms with Gasteiger partial charge in [0.15, 0.2) is 9.84 Å². The Hall–Kier alpha value is -2.08. The van der Waals surface area contributed by atoms with E-state index >= 15 is 0 Å². The average molecular weight is 347 g/mol. The summed E-state index contributed by atoms with van der Waals surface area (Å²) in [5.74, 6) is 1.97. The smallest absolute Gasteiger partial charge is 0.220 e. The number of hydrogen-bond acceptors (Lipinski definition) is 4. The number of hydrogen-bond donors (Lipinski definition) is 1. The summed E-state index contributed by atoms with van der Waals surface area (Å²) in [6.07, 6.45) is 1.50. The van der Waals surface area contributed by atoms with E-state index in [2.05, 4.69) is 5.32 Å². The predicted molar refractivity (Wildman–Crippen MR) is 92.2 cm³/mol. The topological polar surface area (TPSA) is 76.4 Å². The van der Waals surface area contributed by atoms with Crippen LogP contribution in [-0.4, -0.2) is 32.4 Å². The molecule has 1 amide bonds. The van der Waals surface area contributed by atoms with Crippen LogP contribution in [0.4, 0.5) is 0 Å². The number of carbonyl (C=O) groups excluding carboxylic acids is 1. The van der Waals surface area contributed by atoms with Gasteiger partial charge in [0, 0.05) is 24.9 Å². The maximum atomic E-state index is 11.9. The van der Waals surface area contributed by atoms with Crippen LogP contribution < -0.4 is 5.32 Å². The van der Waals surface area contributed by atoms with Crippen LogP contribution in [0.2, 0.25) is 0 Å². The van der Waals surface area contributed by atoms with Crippen LogP contribution in [0.15, 0.2) is 46.9 Å². The highest BCUT2D eigenvalue weighted by Gasteiger charge is 2.27. The van der Waals surface area contributed by atoms with Crippen molar-refractivity contribution < 1.29 is 17.6 Å². The summed E-state index contributed by atoms with van der Waals surface area (Å²) in [5, 5.41) is 2.83. The van der Waals surface area contributed by atoms with Crippen LogP contribution in [0.3, 0.4) is 0 Å². The van der Waals surface area contributed by atoms with Gasteiger partial charge in [0.05, 0.1) is 11.5 Å². The van der Waals surface area contributed by atoms with E-state index in [1.54, 1.807) is 0 Å². The van der Waals surface area contributed by atoms with E-state index in [1.807, 2.05) is 42.5 Å². The zero-order valence-electron chi connectivity index (χ0n) is 13.4. The van der Waals surface area contributed by atoms with Crippen molar-refractivity contribution >= 4 is 15.7 Å². The minimum absolute atomic E-state index is 0.0484. The molecule has 1 saturated heterocycles. The quantitative estimate of drug-likeness (QED) is 0.871. The maximum Gasteiger partial charge on any atom is 0.220 e. The van der Waals surface area contributed by atoms with Crippen molar-refractivity contribution in [3.05, 3.63) is 48.2 Å². The van der Waals surface area contributed by atoms with E-state index in [1.165, 1.54) is 0 Å². The van der Waals surface area contributed by atoms with Crippen LogP contribution in [0.25, 0.3) is 11.3 Å². The standard InChI is InChI=1S/C18H21NO4S/c20-18(19-12-14-10-11-24(21,22)13-14)9-7-16-6-8-17(23-16)15-4-2-1-3-5-15/h1-6,8,14H,7,9-13H2,(H,19,20)/t14-/m0/s1. The van der Waals surface area contributed by atoms with E-state index in [4.69, 9.17) is 4.42 Å². The number of sulfone groups is 1. The zero-order valence-corrected chi connectivity index (χ0v) is 14.2. The molecule has 24 heavy (non-hydrogen) atoms. The first-order valence-corrected chi connectivity index (χ1v) is 9.95. The molecule has 1 fully saturated rings. The Kier molecular flexibility index (Phi) is 5.04. The summed E-state index contributed by atoms with van der Waals surface area (Å²) in [4.78, 5) is 11.9. The second kappa shape index (κ2) is 7.21.